The van der Waals surface area contributed by atoms with E-state index < -0.39 is 5.97 Å². The van der Waals surface area contributed by atoms with Gasteiger partial charge in [-0.1, -0.05) is 45.0 Å². The third-order valence-electron chi connectivity index (χ3n) is 3.35. The second kappa shape index (κ2) is 5.08. The largest absolute Gasteiger partial charge is 0.478 e. The number of benzene rings is 1. The van der Waals surface area contributed by atoms with Crippen LogP contribution in [0.2, 0.25) is 0 Å². The zero-order valence-electron chi connectivity index (χ0n) is 12.3. The summed E-state index contributed by atoms with van der Waals surface area (Å²) in [6.07, 6.45) is 1.41. The number of aromatic nitrogens is 1. The van der Waals surface area contributed by atoms with Gasteiger partial charge in [-0.2, -0.15) is 0 Å². The predicted octanol–water partition coefficient (Wildman–Crippen LogP) is 4.05. The molecule has 0 radical (unpaired) electrons. The van der Waals surface area contributed by atoms with Crippen molar-refractivity contribution < 1.29 is 9.90 Å². The molecule has 0 amide bonds. The Morgan fingerprint density at radius 3 is 2.20 bits per heavy atom. The number of carboxylic acids is 1. The molecule has 0 aliphatic carbocycles. The highest BCUT2D eigenvalue weighted by atomic mass is 16.4. The third-order valence-corrected chi connectivity index (χ3v) is 3.35. The summed E-state index contributed by atoms with van der Waals surface area (Å²) >= 11 is 0. The SMILES string of the molecule is Cc1cc(C(=O)O)cnc1-c1ccc(C(C)(C)C)cc1. The van der Waals surface area contributed by atoms with Crippen LogP contribution in [-0.2, 0) is 5.41 Å². The number of nitrogens with zero attached hydrogens (tertiary/aromatic N) is 1. The summed E-state index contributed by atoms with van der Waals surface area (Å²) in [5, 5.41) is 8.96. The molecule has 20 heavy (non-hydrogen) atoms. The van der Waals surface area contributed by atoms with Gasteiger partial charge in [0.05, 0.1) is 11.3 Å². The molecule has 104 valence electrons. The summed E-state index contributed by atoms with van der Waals surface area (Å²) in [4.78, 5) is 15.2. The smallest absolute Gasteiger partial charge is 0.337 e. The van der Waals surface area contributed by atoms with Gasteiger partial charge in [0.15, 0.2) is 0 Å². The lowest BCUT2D eigenvalue weighted by atomic mass is 9.86. The highest BCUT2D eigenvalue weighted by Gasteiger charge is 2.14. The molecule has 0 bridgehead atoms. The molecule has 1 aromatic heterocycles. The van der Waals surface area contributed by atoms with Crippen LogP contribution in [0.4, 0.5) is 0 Å². The molecule has 0 aliphatic rings. The maximum atomic E-state index is 10.9. The van der Waals surface area contributed by atoms with Gasteiger partial charge in [-0.05, 0) is 29.5 Å². The summed E-state index contributed by atoms with van der Waals surface area (Å²) in [6.45, 7) is 8.40. The molecule has 2 rings (SSSR count). The molecule has 0 saturated carbocycles. The highest BCUT2D eigenvalue weighted by Crippen LogP contribution is 2.26. The van der Waals surface area contributed by atoms with Crippen molar-refractivity contribution in [3.8, 4) is 11.3 Å². The lowest BCUT2D eigenvalue weighted by Crippen LogP contribution is -2.10. The Morgan fingerprint density at radius 2 is 1.75 bits per heavy atom. The first-order chi connectivity index (χ1) is 9.29. The van der Waals surface area contributed by atoms with Gasteiger partial charge >= 0.3 is 5.97 Å². The van der Waals surface area contributed by atoms with E-state index in [-0.39, 0.29) is 11.0 Å². The van der Waals surface area contributed by atoms with E-state index in [1.54, 1.807) is 6.07 Å². The standard InChI is InChI=1S/C17H19NO2/c1-11-9-13(16(19)20)10-18-15(11)12-5-7-14(8-6-12)17(2,3)4/h5-10H,1-4H3,(H,19,20). The maximum Gasteiger partial charge on any atom is 0.337 e. The minimum Gasteiger partial charge on any atom is -0.478 e. The summed E-state index contributed by atoms with van der Waals surface area (Å²) in [5.41, 5.74) is 4.31. The number of rotatable bonds is 2. The lowest BCUT2D eigenvalue weighted by Gasteiger charge is -2.19. The Morgan fingerprint density at radius 1 is 1.15 bits per heavy atom. The number of hydrogen-bond acceptors (Lipinski definition) is 2. The molecule has 0 spiro atoms. The van der Waals surface area contributed by atoms with Crippen LogP contribution in [0.15, 0.2) is 36.5 Å². The Bertz CT molecular complexity index is 637. The zero-order chi connectivity index (χ0) is 14.9. The fraction of sp³-hybridized carbons (Fsp3) is 0.294. The first kappa shape index (κ1) is 14.3. The highest BCUT2D eigenvalue weighted by molar-refractivity contribution is 5.88. The normalized spacial score (nSPS) is 11.4. The van der Waals surface area contributed by atoms with Crippen LogP contribution < -0.4 is 0 Å². The molecule has 2 aromatic rings. The zero-order valence-corrected chi connectivity index (χ0v) is 12.3. The number of carboxylic acid groups (broad SMARTS) is 1. The average Bonchev–Trinajstić information content (AvgIpc) is 2.37. The molecule has 0 aliphatic heterocycles. The van der Waals surface area contributed by atoms with Gasteiger partial charge in [-0.15, -0.1) is 0 Å². The van der Waals surface area contributed by atoms with Crippen molar-refractivity contribution in [2.45, 2.75) is 33.1 Å². The van der Waals surface area contributed by atoms with Crippen LogP contribution in [0.25, 0.3) is 11.3 Å². The van der Waals surface area contributed by atoms with Crippen molar-refractivity contribution >= 4 is 5.97 Å². The molecular formula is C17H19NO2. The quantitative estimate of drug-likeness (QED) is 0.894. The van der Waals surface area contributed by atoms with Gasteiger partial charge in [0.2, 0.25) is 0 Å². The molecular weight excluding hydrogens is 250 g/mol. The van der Waals surface area contributed by atoms with Gasteiger partial charge in [0.25, 0.3) is 0 Å². The van der Waals surface area contributed by atoms with E-state index in [2.05, 4.69) is 37.9 Å². The second-order valence-electron chi connectivity index (χ2n) is 6.02. The fourth-order valence-corrected chi connectivity index (χ4v) is 2.12. The Balaban J connectivity index is 2.40. The number of aryl methyl sites for hydroxylation is 1. The van der Waals surface area contributed by atoms with Crippen molar-refractivity contribution in [2.24, 2.45) is 0 Å². The minimum atomic E-state index is -0.949. The van der Waals surface area contributed by atoms with Crippen LogP contribution in [0.5, 0.6) is 0 Å². The number of carbonyl (C=O) groups is 1. The van der Waals surface area contributed by atoms with Crippen molar-refractivity contribution in [3.63, 3.8) is 0 Å². The lowest BCUT2D eigenvalue weighted by molar-refractivity contribution is 0.0696. The van der Waals surface area contributed by atoms with Gasteiger partial charge in [-0.3, -0.25) is 4.98 Å². The molecule has 0 unspecified atom stereocenters. The third kappa shape index (κ3) is 2.87. The fourth-order valence-electron chi connectivity index (χ4n) is 2.12. The summed E-state index contributed by atoms with van der Waals surface area (Å²) < 4.78 is 0. The van der Waals surface area contributed by atoms with E-state index in [1.165, 1.54) is 11.8 Å². The monoisotopic (exact) mass is 269 g/mol. The van der Waals surface area contributed by atoms with E-state index in [0.29, 0.717) is 0 Å². The van der Waals surface area contributed by atoms with Crippen molar-refractivity contribution in [2.75, 3.05) is 0 Å². The maximum absolute atomic E-state index is 10.9. The van der Waals surface area contributed by atoms with Crippen molar-refractivity contribution in [3.05, 3.63) is 53.2 Å². The predicted molar refractivity (Wildman–Crippen MR) is 80.1 cm³/mol. The number of pyridine rings is 1. The van der Waals surface area contributed by atoms with Gasteiger partial charge in [0, 0.05) is 11.8 Å². The molecule has 3 heteroatoms. The number of aromatic carboxylic acids is 1. The van der Waals surface area contributed by atoms with Crippen molar-refractivity contribution in [1.82, 2.24) is 4.98 Å². The Kier molecular flexibility index (Phi) is 3.62. The van der Waals surface area contributed by atoms with Crippen LogP contribution in [0.1, 0.15) is 42.3 Å². The Hall–Kier alpha value is -2.16. The Labute approximate surface area is 119 Å². The van der Waals surface area contributed by atoms with Crippen LogP contribution in [0, 0.1) is 6.92 Å². The minimum absolute atomic E-state index is 0.119. The van der Waals surface area contributed by atoms with Crippen molar-refractivity contribution in [1.29, 1.82) is 0 Å². The van der Waals surface area contributed by atoms with E-state index in [9.17, 15) is 4.79 Å². The van der Waals surface area contributed by atoms with Crippen LogP contribution in [-0.4, -0.2) is 16.1 Å². The summed E-state index contributed by atoms with van der Waals surface area (Å²) in [5.74, 6) is -0.949. The molecule has 3 nitrogen and oxygen atoms in total. The van der Waals surface area contributed by atoms with Gasteiger partial charge in [0.1, 0.15) is 0 Å². The average molecular weight is 269 g/mol. The molecule has 0 fully saturated rings. The first-order valence-corrected chi connectivity index (χ1v) is 6.60. The van der Waals surface area contributed by atoms with E-state index in [4.69, 9.17) is 5.11 Å². The van der Waals surface area contributed by atoms with Crippen LogP contribution in [0.3, 0.4) is 0 Å². The topological polar surface area (TPSA) is 50.2 Å². The van der Waals surface area contributed by atoms with Gasteiger partial charge in [-0.25, -0.2) is 4.79 Å². The summed E-state index contributed by atoms with van der Waals surface area (Å²) in [7, 11) is 0. The first-order valence-electron chi connectivity index (χ1n) is 6.60. The molecule has 1 aromatic carbocycles. The molecule has 0 saturated heterocycles. The molecule has 1 N–H and O–H groups in total. The van der Waals surface area contributed by atoms with E-state index >= 15 is 0 Å². The number of hydrogen-bond donors (Lipinski definition) is 1. The van der Waals surface area contributed by atoms with Crippen LogP contribution >= 0.6 is 0 Å². The molecule has 0 atom stereocenters. The second-order valence-corrected chi connectivity index (χ2v) is 6.02. The van der Waals surface area contributed by atoms with Gasteiger partial charge < -0.3 is 5.11 Å². The van der Waals surface area contributed by atoms with E-state index in [1.807, 2.05) is 19.1 Å². The molecule has 1 heterocycles. The van der Waals surface area contributed by atoms with E-state index in [0.717, 1.165) is 16.8 Å². The summed E-state index contributed by atoms with van der Waals surface area (Å²) in [6, 6.07) is 9.93.